The van der Waals surface area contributed by atoms with Crippen molar-refractivity contribution in [3.8, 4) is 41.2 Å². The number of piperazine rings is 1. The number of rotatable bonds is 7. The van der Waals surface area contributed by atoms with Crippen molar-refractivity contribution in [3.05, 3.63) is 41.5 Å². The van der Waals surface area contributed by atoms with Crippen molar-refractivity contribution in [2.45, 2.75) is 56.3 Å². The van der Waals surface area contributed by atoms with Crippen molar-refractivity contribution in [1.82, 2.24) is 25.2 Å². The first-order chi connectivity index (χ1) is 23.3. The Labute approximate surface area is 276 Å². The van der Waals surface area contributed by atoms with Gasteiger partial charge < -0.3 is 29.5 Å². The first kappa shape index (κ1) is 29.8. The van der Waals surface area contributed by atoms with E-state index in [1.54, 1.807) is 7.11 Å². The normalized spacial score (nSPS) is 25.5. The fourth-order valence-electron chi connectivity index (χ4n) is 8.26. The van der Waals surface area contributed by atoms with Crippen LogP contribution in [0.15, 0.2) is 24.3 Å². The number of aromatic nitrogens is 3. The average molecular weight is 655 g/mol. The summed E-state index contributed by atoms with van der Waals surface area (Å²) in [5.74, 6) is 1.57. The molecule has 1 saturated carbocycles. The lowest BCUT2D eigenvalue weighted by molar-refractivity contribution is 0.100. The van der Waals surface area contributed by atoms with Crippen LogP contribution < -0.4 is 19.7 Å². The predicted molar refractivity (Wildman–Crippen MR) is 175 cm³/mol. The number of nitrogens with zero attached hydrogens (tertiary/aromatic N) is 5. The molecule has 1 aliphatic carbocycles. The van der Waals surface area contributed by atoms with E-state index < -0.39 is 11.6 Å². The number of hydrogen-bond acceptors (Lipinski definition) is 10. The van der Waals surface area contributed by atoms with Crippen molar-refractivity contribution in [1.29, 1.82) is 0 Å². The Kier molecular flexibility index (Phi) is 6.90. The van der Waals surface area contributed by atoms with Crippen LogP contribution in [-0.4, -0.2) is 95.7 Å². The van der Waals surface area contributed by atoms with Gasteiger partial charge in [-0.15, -0.1) is 6.42 Å². The van der Waals surface area contributed by atoms with E-state index in [0.717, 1.165) is 51.7 Å². The first-order valence-corrected chi connectivity index (χ1v) is 16.7. The number of halogens is 2. The summed E-state index contributed by atoms with van der Waals surface area (Å²) >= 11 is 0. The second-order valence-corrected chi connectivity index (χ2v) is 14.0. The number of methoxy groups -OCH3 is 1. The number of fused-ring (bicyclic) bond motifs is 6. The molecule has 2 N–H and O–H groups in total. The minimum Gasteiger partial charge on any atom is -0.508 e. The number of likely N-dealkylation sites (tertiary alicyclic amines) is 1. The van der Waals surface area contributed by atoms with Gasteiger partial charge in [0.05, 0.1) is 24.3 Å². The second-order valence-electron chi connectivity index (χ2n) is 14.0. The Balaban J connectivity index is 1.17. The second kappa shape index (κ2) is 11.1. The third-order valence-electron chi connectivity index (χ3n) is 11.0. The van der Waals surface area contributed by atoms with E-state index in [9.17, 15) is 9.50 Å². The zero-order valence-electron chi connectivity index (χ0n) is 26.6. The number of benzene rings is 2. The number of ether oxygens (including phenoxy) is 3. The molecule has 4 aliphatic heterocycles. The van der Waals surface area contributed by atoms with Crippen LogP contribution in [-0.2, 0) is 4.74 Å². The van der Waals surface area contributed by atoms with Crippen molar-refractivity contribution in [2.24, 2.45) is 5.41 Å². The molecule has 0 amide bonds. The zero-order chi connectivity index (χ0) is 32.7. The Morgan fingerprint density at radius 2 is 2.00 bits per heavy atom. The van der Waals surface area contributed by atoms with E-state index in [1.165, 1.54) is 24.3 Å². The van der Waals surface area contributed by atoms with Gasteiger partial charge in [-0.3, -0.25) is 4.90 Å². The lowest BCUT2D eigenvalue weighted by atomic mass is 9.95. The van der Waals surface area contributed by atoms with E-state index >= 15 is 4.39 Å². The van der Waals surface area contributed by atoms with Gasteiger partial charge in [0.25, 0.3) is 0 Å². The van der Waals surface area contributed by atoms with Crippen molar-refractivity contribution in [2.75, 3.05) is 51.4 Å². The van der Waals surface area contributed by atoms with Crippen LogP contribution in [0.4, 0.5) is 14.6 Å². The maximum absolute atomic E-state index is 17.1. The summed E-state index contributed by atoms with van der Waals surface area (Å²) < 4.78 is 50.3. The largest absolute Gasteiger partial charge is 0.508 e. The van der Waals surface area contributed by atoms with E-state index in [1.807, 2.05) is 0 Å². The van der Waals surface area contributed by atoms with Gasteiger partial charge in [0.2, 0.25) is 5.88 Å². The van der Waals surface area contributed by atoms with Crippen LogP contribution in [0.2, 0.25) is 0 Å². The molecular formula is C36H36F2N6O4. The fraction of sp³-hybridized carbons (Fsp3) is 0.472. The van der Waals surface area contributed by atoms with Gasteiger partial charge in [-0.1, -0.05) is 12.0 Å². The van der Waals surface area contributed by atoms with E-state index in [4.69, 9.17) is 25.6 Å². The highest BCUT2D eigenvalue weighted by Crippen LogP contribution is 2.48. The topological polar surface area (TPSA) is 105 Å². The van der Waals surface area contributed by atoms with E-state index in [2.05, 4.69) is 31.0 Å². The molecule has 2 bridgehead atoms. The minimum absolute atomic E-state index is 0.0102. The molecule has 48 heavy (non-hydrogen) atoms. The molecule has 4 atom stereocenters. The molecule has 10 nitrogen and oxygen atoms in total. The van der Waals surface area contributed by atoms with Gasteiger partial charge in [-0.25, -0.2) is 13.8 Å². The number of aromatic hydroxyl groups is 1. The van der Waals surface area contributed by atoms with Gasteiger partial charge in [-0.2, -0.15) is 9.97 Å². The molecule has 0 unspecified atom stereocenters. The number of nitrogens with one attached hydrogen (secondary N) is 1. The zero-order valence-corrected chi connectivity index (χ0v) is 26.6. The molecule has 4 aromatic rings. The molecular weight excluding hydrogens is 618 g/mol. The SMILES string of the molecule is C#Cc1c(F)ccc2cc(O)cc(-c3nc4c5c(nc(OCC6(CN7CC[C@@H](OC)C7)CC6)nc5c3F)N3C[C@H]5CC[C@H](N5)[C@H]3CO4)c12. The monoisotopic (exact) mass is 654 g/mol. The smallest absolute Gasteiger partial charge is 0.319 e. The molecule has 2 aromatic heterocycles. The third-order valence-corrected chi connectivity index (χ3v) is 11.0. The number of phenols is 1. The summed E-state index contributed by atoms with van der Waals surface area (Å²) in [5, 5.41) is 15.4. The van der Waals surface area contributed by atoms with Crippen molar-refractivity contribution in [3.63, 3.8) is 0 Å². The maximum Gasteiger partial charge on any atom is 0.319 e. The highest BCUT2D eigenvalue weighted by atomic mass is 19.1. The quantitative estimate of drug-likeness (QED) is 0.279. The molecule has 248 valence electrons. The van der Waals surface area contributed by atoms with Gasteiger partial charge >= 0.3 is 6.01 Å². The summed E-state index contributed by atoms with van der Waals surface area (Å²) in [6, 6.07) is 6.02. The summed E-state index contributed by atoms with van der Waals surface area (Å²) in [6.45, 7) is 4.18. The van der Waals surface area contributed by atoms with Crippen LogP contribution in [0.5, 0.6) is 17.6 Å². The van der Waals surface area contributed by atoms with Crippen LogP contribution >= 0.6 is 0 Å². The van der Waals surface area contributed by atoms with Crippen molar-refractivity contribution < 1.29 is 28.1 Å². The van der Waals surface area contributed by atoms with Gasteiger partial charge in [-0.05, 0) is 55.7 Å². The number of phenolic OH excluding ortho intramolecular Hbond substituents is 1. The summed E-state index contributed by atoms with van der Waals surface area (Å²) in [4.78, 5) is 18.9. The maximum atomic E-state index is 17.1. The number of anilines is 1. The highest BCUT2D eigenvalue weighted by molar-refractivity contribution is 6.04. The summed E-state index contributed by atoms with van der Waals surface area (Å²) in [6.07, 6.45) is 11.1. The predicted octanol–water partition coefficient (Wildman–Crippen LogP) is 4.39. The standard InChI is InChI=1S/C36H36F2N6O4/c1-3-23-25(37)6-4-19-12-21(45)13-24(28(19)23)31-30(38)32-29-33(44-14-20-5-7-26(39-20)27(44)16-47-34(29)40-31)42-35(41-32)48-18-36(9-10-36)17-43-11-8-22(15-43)46-2/h1,4,6,12-13,20,22,26-27,39,45H,5,7-11,14-18H2,2H3/t20-,22-,26+,27-/m1/s1. The molecule has 4 fully saturated rings. The molecule has 0 radical (unpaired) electrons. The van der Waals surface area contributed by atoms with Crippen molar-refractivity contribution >= 4 is 27.5 Å². The summed E-state index contributed by atoms with van der Waals surface area (Å²) in [5.41, 5.74) is -0.0938. The molecule has 0 spiro atoms. The molecule has 2 aromatic carbocycles. The van der Waals surface area contributed by atoms with Gasteiger partial charge in [0.1, 0.15) is 40.6 Å². The van der Waals surface area contributed by atoms with Gasteiger partial charge in [0.15, 0.2) is 5.82 Å². The van der Waals surface area contributed by atoms with Crippen LogP contribution in [0.1, 0.15) is 37.7 Å². The number of hydrogen-bond donors (Lipinski definition) is 2. The first-order valence-electron chi connectivity index (χ1n) is 16.7. The van der Waals surface area contributed by atoms with Crippen LogP contribution in [0.25, 0.3) is 32.9 Å². The van der Waals surface area contributed by atoms with Crippen LogP contribution in [0, 0.1) is 29.4 Å². The lowest BCUT2D eigenvalue weighted by Gasteiger charge is -2.40. The Bertz CT molecular complexity index is 2020. The molecule has 9 rings (SSSR count). The Morgan fingerprint density at radius 3 is 2.79 bits per heavy atom. The average Bonchev–Trinajstić information content (AvgIpc) is 3.57. The highest BCUT2D eigenvalue weighted by Gasteiger charge is 2.47. The molecule has 3 saturated heterocycles. The molecule has 6 heterocycles. The van der Waals surface area contributed by atoms with Crippen LogP contribution in [0.3, 0.4) is 0 Å². The molecule has 12 heteroatoms. The number of terminal acetylenes is 1. The van der Waals surface area contributed by atoms with E-state index in [-0.39, 0.29) is 75.0 Å². The molecule has 5 aliphatic rings. The van der Waals surface area contributed by atoms with E-state index in [0.29, 0.717) is 36.3 Å². The fourth-order valence-corrected chi connectivity index (χ4v) is 8.26. The number of pyridine rings is 1. The lowest BCUT2D eigenvalue weighted by Crippen LogP contribution is -2.60. The third kappa shape index (κ3) is 4.82. The Hall–Kier alpha value is -4.31. The Morgan fingerprint density at radius 1 is 1.12 bits per heavy atom. The minimum atomic E-state index is -0.759. The van der Waals surface area contributed by atoms with Gasteiger partial charge in [0, 0.05) is 61.7 Å². The summed E-state index contributed by atoms with van der Waals surface area (Å²) in [7, 11) is 1.76.